The van der Waals surface area contributed by atoms with Crippen LogP contribution in [0.5, 0.6) is 0 Å². The molecule has 0 saturated heterocycles. The zero-order valence-corrected chi connectivity index (χ0v) is 8.95. The van der Waals surface area contributed by atoms with E-state index in [9.17, 15) is 13.2 Å². The molecule has 14 heavy (non-hydrogen) atoms. The van der Waals surface area contributed by atoms with E-state index < -0.39 is 6.68 Å². The summed E-state index contributed by atoms with van der Waals surface area (Å²) >= 11 is 1.87. The van der Waals surface area contributed by atoms with Crippen LogP contribution in [0.3, 0.4) is 0 Å². The van der Waals surface area contributed by atoms with Crippen molar-refractivity contribution >= 4 is 11.8 Å². The first kappa shape index (κ1) is 13.4. The van der Waals surface area contributed by atoms with E-state index in [1.807, 2.05) is 11.8 Å². The first-order chi connectivity index (χ1) is 6.57. The summed E-state index contributed by atoms with van der Waals surface area (Å²) in [5.41, 5.74) is 2.85. The van der Waals surface area contributed by atoms with Gasteiger partial charge in [-0.1, -0.05) is 24.3 Å². The van der Waals surface area contributed by atoms with Crippen molar-refractivity contribution in [2.24, 2.45) is 0 Å². The number of benzene rings is 1. The number of hydrogen-bond acceptors (Lipinski definition) is 1. The van der Waals surface area contributed by atoms with Crippen LogP contribution in [0.1, 0.15) is 11.1 Å². The minimum atomic E-state index is -3.67. The third-order valence-electron chi connectivity index (χ3n) is 1.56. The summed E-state index contributed by atoms with van der Waals surface area (Å²) in [4.78, 5) is 0. The lowest BCUT2D eigenvalue weighted by atomic mass is 10.1. The van der Waals surface area contributed by atoms with Crippen LogP contribution in [0.25, 0.3) is 0 Å². The molecule has 1 aromatic carbocycles. The molecule has 0 atom stereocenters. The third-order valence-corrected chi connectivity index (χ3v) is 2.16. The van der Waals surface area contributed by atoms with Gasteiger partial charge in [0.1, 0.15) is 0 Å². The Morgan fingerprint density at radius 2 is 1.71 bits per heavy atom. The molecule has 0 bridgehead atoms. The van der Waals surface area contributed by atoms with Gasteiger partial charge in [-0.2, -0.15) is 24.9 Å². The van der Waals surface area contributed by atoms with Crippen molar-refractivity contribution in [1.29, 1.82) is 0 Å². The number of thioether (sulfide) groups is 1. The number of rotatable bonds is 2. The van der Waals surface area contributed by atoms with Gasteiger partial charge in [-0.25, -0.2) is 0 Å². The maximum atomic E-state index is 9.67. The Morgan fingerprint density at radius 3 is 2.14 bits per heavy atom. The summed E-state index contributed by atoms with van der Waals surface area (Å²) in [5, 5.41) is 0. The Labute approximate surface area is 86.5 Å². The van der Waals surface area contributed by atoms with E-state index in [1.165, 1.54) is 11.1 Å². The van der Waals surface area contributed by atoms with Gasteiger partial charge in [-0.15, -0.1) is 0 Å². The maximum absolute atomic E-state index is 9.67. The molecule has 0 fully saturated rings. The number of hydrogen-bond donors (Lipinski definition) is 0. The smallest absolute Gasteiger partial charge is 0.174 e. The van der Waals surface area contributed by atoms with Gasteiger partial charge in [0, 0.05) is 5.75 Å². The number of alkyl halides is 3. The largest absolute Gasteiger partial charge is 0.379 e. The fraction of sp³-hybridized carbons (Fsp3) is 0.400. The first-order valence-electron chi connectivity index (χ1n) is 4.03. The molecule has 0 aliphatic heterocycles. The summed E-state index contributed by atoms with van der Waals surface area (Å²) in [7, 11) is 0. The SMILES string of the molecule is CSCc1ccccc1C.FC(F)F. The van der Waals surface area contributed by atoms with Gasteiger partial charge in [-0.05, 0) is 24.3 Å². The lowest BCUT2D eigenvalue weighted by Crippen LogP contribution is -1.83. The molecule has 0 nitrogen and oxygen atoms in total. The Kier molecular flexibility index (Phi) is 7.38. The zero-order chi connectivity index (χ0) is 11.0. The van der Waals surface area contributed by atoms with E-state index in [0.717, 1.165) is 5.75 Å². The van der Waals surface area contributed by atoms with Crippen molar-refractivity contribution in [3.8, 4) is 0 Å². The molecule has 0 N–H and O–H groups in total. The zero-order valence-electron chi connectivity index (χ0n) is 8.14. The molecule has 80 valence electrons. The molecule has 0 heterocycles. The molecular formula is C10H13F3S. The maximum Gasteiger partial charge on any atom is 0.379 e. The highest BCUT2D eigenvalue weighted by Crippen LogP contribution is 2.12. The van der Waals surface area contributed by atoms with Crippen LogP contribution in [0.2, 0.25) is 0 Å². The Morgan fingerprint density at radius 1 is 1.21 bits per heavy atom. The van der Waals surface area contributed by atoms with Gasteiger partial charge in [0.05, 0.1) is 0 Å². The van der Waals surface area contributed by atoms with E-state index in [0.29, 0.717) is 0 Å². The minimum absolute atomic E-state index is 1.13. The molecule has 0 aliphatic rings. The van der Waals surface area contributed by atoms with Gasteiger partial charge in [0.25, 0.3) is 0 Å². The standard InChI is InChI=1S/C9H12S.CHF3/c1-8-5-3-4-6-9(8)7-10-2;2-1(3)4/h3-6H,7H2,1-2H3;1H. The molecule has 0 radical (unpaired) electrons. The predicted molar refractivity (Wildman–Crippen MR) is 55.5 cm³/mol. The van der Waals surface area contributed by atoms with Crippen LogP contribution in [0.15, 0.2) is 24.3 Å². The summed E-state index contributed by atoms with van der Waals surface area (Å²) < 4.78 is 29.0. The lowest BCUT2D eigenvalue weighted by molar-refractivity contribution is 0.00819. The second kappa shape index (κ2) is 7.74. The second-order valence-electron chi connectivity index (χ2n) is 2.61. The van der Waals surface area contributed by atoms with E-state index in [2.05, 4.69) is 37.4 Å². The van der Waals surface area contributed by atoms with Crippen molar-refractivity contribution in [3.63, 3.8) is 0 Å². The van der Waals surface area contributed by atoms with Gasteiger partial charge < -0.3 is 0 Å². The average molecular weight is 222 g/mol. The summed E-state index contributed by atoms with van der Waals surface area (Å²) in [6.07, 6.45) is 2.13. The minimum Gasteiger partial charge on any atom is -0.174 e. The second-order valence-corrected chi connectivity index (χ2v) is 3.47. The van der Waals surface area contributed by atoms with Gasteiger partial charge in [0.2, 0.25) is 0 Å². The normalized spacial score (nSPS) is 9.57. The van der Waals surface area contributed by atoms with E-state index in [4.69, 9.17) is 0 Å². The van der Waals surface area contributed by atoms with Crippen LogP contribution in [0.4, 0.5) is 13.2 Å². The number of aryl methyl sites for hydroxylation is 1. The molecule has 0 aliphatic carbocycles. The van der Waals surface area contributed by atoms with Crippen LogP contribution >= 0.6 is 11.8 Å². The van der Waals surface area contributed by atoms with Crippen molar-refractivity contribution in [2.75, 3.05) is 6.26 Å². The van der Waals surface area contributed by atoms with Crippen molar-refractivity contribution in [1.82, 2.24) is 0 Å². The van der Waals surface area contributed by atoms with Gasteiger partial charge in [-0.3, -0.25) is 0 Å². The van der Waals surface area contributed by atoms with Crippen molar-refractivity contribution in [3.05, 3.63) is 35.4 Å². The third kappa shape index (κ3) is 6.83. The summed E-state index contributed by atoms with van der Waals surface area (Å²) in [6, 6.07) is 8.52. The van der Waals surface area contributed by atoms with E-state index in [-0.39, 0.29) is 0 Å². The lowest BCUT2D eigenvalue weighted by Gasteiger charge is -2.00. The summed E-state index contributed by atoms with van der Waals surface area (Å²) in [6.45, 7) is -1.51. The Hall–Kier alpha value is -0.640. The molecule has 0 aromatic heterocycles. The topological polar surface area (TPSA) is 0 Å². The molecule has 0 unspecified atom stereocenters. The highest BCUT2D eigenvalue weighted by atomic mass is 32.2. The molecule has 4 heteroatoms. The van der Waals surface area contributed by atoms with Crippen molar-refractivity contribution < 1.29 is 13.2 Å². The van der Waals surface area contributed by atoms with Gasteiger partial charge in [0.15, 0.2) is 0 Å². The molecule has 0 spiro atoms. The van der Waals surface area contributed by atoms with E-state index >= 15 is 0 Å². The van der Waals surface area contributed by atoms with Crippen LogP contribution in [-0.4, -0.2) is 12.9 Å². The van der Waals surface area contributed by atoms with E-state index in [1.54, 1.807) is 0 Å². The molecular weight excluding hydrogens is 209 g/mol. The predicted octanol–water partition coefficient (Wildman–Crippen LogP) is 4.04. The fourth-order valence-electron chi connectivity index (χ4n) is 0.928. The van der Waals surface area contributed by atoms with Gasteiger partial charge >= 0.3 is 6.68 Å². The molecule has 1 aromatic rings. The molecule has 1 rings (SSSR count). The van der Waals surface area contributed by atoms with Crippen molar-refractivity contribution in [2.45, 2.75) is 19.4 Å². The summed E-state index contributed by atoms with van der Waals surface area (Å²) in [5.74, 6) is 1.13. The Balaban J connectivity index is 0.000000364. The van der Waals surface area contributed by atoms with Crippen LogP contribution in [0, 0.1) is 6.92 Å². The Bertz CT molecular complexity index is 248. The highest BCUT2D eigenvalue weighted by Gasteiger charge is 1.92. The van der Waals surface area contributed by atoms with Crippen LogP contribution in [-0.2, 0) is 5.75 Å². The highest BCUT2D eigenvalue weighted by molar-refractivity contribution is 7.97. The first-order valence-corrected chi connectivity index (χ1v) is 5.43. The molecule has 0 saturated carbocycles. The number of halogens is 3. The fourth-order valence-corrected chi connectivity index (χ4v) is 1.56. The average Bonchev–Trinajstić information content (AvgIpc) is 2.08. The monoisotopic (exact) mass is 222 g/mol. The quantitative estimate of drug-likeness (QED) is 0.727. The molecule has 0 amide bonds. The van der Waals surface area contributed by atoms with Crippen LogP contribution < -0.4 is 0 Å².